The molecule has 2 aromatic carbocycles. The van der Waals surface area contributed by atoms with Crippen molar-refractivity contribution >= 4 is 27.3 Å². The maximum atomic E-state index is 12.8. The zero-order valence-corrected chi connectivity index (χ0v) is 16.9. The molecule has 8 nitrogen and oxygen atoms in total. The second-order valence-electron chi connectivity index (χ2n) is 7.06. The number of aryl methyl sites for hydroxylation is 1. The van der Waals surface area contributed by atoms with Gasteiger partial charge in [0.15, 0.2) is 0 Å². The lowest BCUT2D eigenvalue weighted by Crippen LogP contribution is -2.31. The molecule has 0 bridgehead atoms. The van der Waals surface area contributed by atoms with Gasteiger partial charge >= 0.3 is 0 Å². The highest BCUT2D eigenvalue weighted by atomic mass is 32.2. The third kappa shape index (κ3) is 4.80. The summed E-state index contributed by atoms with van der Waals surface area (Å²) >= 11 is 0. The molecule has 0 aliphatic carbocycles. The van der Waals surface area contributed by atoms with Crippen molar-refractivity contribution in [2.45, 2.75) is 37.5 Å². The second kappa shape index (κ2) is 8.71. The van der Waals surface area contributed by atoms with Crippen molar-refractivity contribution in [3.63, 3.8) is 0 Å². The summed E-state index contributed by atoms with van der Waals surface area (Å²) in [5.74, 6) is -0.503. The van der Waals surface area contributed by atoms with Crippen molar-refractivity contribution in [1.82, 2.24) is 4.31 Å². The predicted octanol–water partition coefficient (Wildman–Crippen LogP) is 3.72. The Morgan fingerprint density at radius 3 is 2.24 bits per heavy atom. The van der Waals surface area contributed by atoms with Crippen molar-refractivity contribution in [2.75, 3.05) is 18.4 Å². The van der Waals surface area contributed by atoms with Crippen LogP contribution in [0.4, 0.5) is 11.4 Å². The van der Waals surface area contributed by atoms with E-state index in [1.807, 2.05) is 0 Å². The largest absolute Gasteiger partial charge is 0.322 e. The van der Waals surface area contributed by atoms with E-state index in [4.69, 9.17) is 0 Å². The fourth-order valence-corrected chi connectivity index (χ4v) is 4.81. The van der Waals surface area contributed by atoms with Crippen LogP contribution in [-0.4, -0.2) is 36.6 Å². The lowest BCUT2D eigenvalue weighted by Gasteiger charge is -2.20. The first-order chi connectivity index (χ1) is 13.8. The van der Waals surface area contributed by atoms with E-state index in [1.165, 1.54) is 46.8 Å². The predicted molar refractivity (Wildman–Crippen MR) is 109 cm³/mol. The number of carbonyl (C=O) groups excluding carboxylic acids is 1. The van der Waals surface area contributed by atoms with Crippen LogP contribution in [0.15, 0.2) is 47.4 Å². The highest BCUT2D eigenvalue weighted by Gasteiger charge is 2.25. The summed E-state index contributed by atoms with van der Waals surface area (Å²) in [6.07, 6.45) is 3.79. The van der Waals surface area contributed by atoms with Gasteiger partial charge in [-0.2, -0.15) is 4.31 Å². The summed E-state index contributed by atoms with van der Waals surface area (Å²) in [6.45, 7) is 2.64. The van der Waals surface area contributed by atoms with Crippen LogP contribution in [-0.2, 0) is 10.0 Å². The van der Waals surface area contributed by atoms with Crippen molar-refractivity contribution in [1.29, 1.82) is 0 Å². The number of nitrogens with one attached hydrogen (secondary N) is 1. The van der Waals surface area contributed by atoms with Crippen molar-refractivity contribution in [3.05, 3.63) is 63.7 Å². The molecule has 3 rings (SSSR count). The summed E-state index contributed by atoms with van der Waals surface area (Å²) in [5, 5.41) is 13.7. The molecule has 0 saturated carbocycles. The van der Waals surface area contributed by atoms with Gasteiger partial charge in [-0.3, -0.25) is 14.9 Å². The Kier molecular flexibility index (Phi) is 6.29. The first-order valence-electron chi connectivity index (χ1n) is 9.45. The van der Waals surface area contributed by atoms with Gasteiger partial charge in [0.2, 0.25) is 10.0 Å². The molecule has 0 radical (unpaired) electrons. The summed E-state index contributed by atoms with van der Waals surface area (Å²) in [4.78, 5) is 23.1. The van der Waals surface area contributed by atoms with Gasteiger partial charge in [0, 0.05) is 36.0 Å². The highest BCUT2D eigenvalue weighted by molar-refractivity contribution is 7.89. The fourth-order valence-electron chi connectivity index (χ4n) is 3.29. The Morgan fingerprint density at radius 2 is 1.66 bits per heavy atom. The van der Waals surface area contributed by atoms with E-state index < -0.39 is 20.9 Å². The van der Waals surface area contributed by atoms with E-state index in [9.17, 15) is 23.3 Å². The van der Waals surface area contributed by atoms with Gasteiger partial charge in [0.05, 0.1) is 9.82 Å². The summed E-state index contributed by atoms with van der Waals surface area (Å²) in [5.41, 5.74) is 0.905. The van der Waals surface area contributed by atoms with Gasteiger partial charge in [-0.25, -0.2) is 8.42 Å². The Bertz CT molecular complexity index is 1010. The molecular weight excluding hydrogens is 394 g/mol. The standard InChI is InChI=1S/C20H23N3O5S/c1-15-6-7-16(14-19(15)23(25)26)20(24)21-17-8-10-18(11-9-17)29(27,28)22-12-4-2-3-5-13-22/h6-11,14H,2-5,12-13H2,1H3,(H,21,24). The minimum atomic E-state index is -3.56. The normalized spacial score (nSPS) is 15.5. The molecule has 1 saturated heterocycles. The smallest absolute Gasteiger partial charge is 0.273 e. The van der Waals surface area contributed by atoms with Gasteiger partial charge in [0.25, 0.3) is 11.6 Å². The maximum Gasteiger partial charge on any atom is 0.273 e. The maximum absolute atomic E-state index is 12.8. The lowest BCUT2D eigenvalue weighted by atomic mass is 10.1. The molecule has 1 aliphatic rings. The Labute approximate surface area is 169 Å². The molecule has 0 unspecified atom stereocenters. The molecule has 0 atom stereocenters. The number of nitro groups is 1. The SMILES string of the molecule is Cc1ccc(C(=O)Nc2ccc(S(=O)(=O)N3CCCCCC3)cc2)cc1[N+](=O)[O-]. The molecule has 1 fully saturated rings. The average Bonchev–Trinajstić information content (AvgIpc) is 2.98. The van der Waals surface area contributed by atoms with Gasteiger partial charge in [0.1, 0.15) is 0 Å². The fraction of sp³-hybridized carbons (Fsp3) is 0.350. The number of hydrogen-bond acceptors (Lipinski definition) is 5. The van der Waals surface area contributed by atoms with E-state index in [1.54, 1.807) is 6.92 Å². The van der Waals surface area contributed by atoms with Crippen LogP contribution in [0, 0.1) is 17.0 Å². The lowest BCUT2D eigenvalue weighted by molar-refractivity contribution is -0.385. The van der Waals surface area contributed by atoms with Crippen LogP contribution in [0.1, 0.15) is 41.6 Å². The quantitative estimate of drug-likeness (QED) is 0.589. The Hall–Kier alpha value is -2.78. The molecule has 9 heteroatoms. The van der Waals surface area contributed by atoms with Crippen LogP contribution in [0.2, 0.25) is 0 Å². The average molecular weight is 417 g/mol. The number of nitrogens with zero attached hydrogens (tertiary/aromatic N) is 2. The zero-order chi connectivity index (χ0) is 21.0. The number of amides is 1. The molecule has 1 heterocycles. The number of hydrogen-bond donors (Lipinski definition) is 1. The summed E-state index contributed by atoms with van der Waals surface area (Å²) < 4.78 is 27.1. The van der Waals surface area contributed by atoms with Crippen molar-refractivity contribution < 1.29 is 18.1 Å². The number of nitro benzene ring substituents is 1. The van der Waals surface area contributed by atoms with Crippen LogP contribution in [0.5, 0.6) is 0 Å². The third-order valence-electron chi connectivity index (χ3n) is 4.98. The van der Waals surface area contributed by atoms with Gasteiger partial charge in [-0.1, -0.05) is 18.9 Å². The van der Waals surface area contributed by atoms with Crippen LogP contribution < -0.4 is 5.32 Å². The highest BCUT2D eigenvalue weighted by Crippen LogP contribution is 2.23. The number of rotatable bonds is 5. The Balaban J connectivity index is 1.74. The molecule has 29 heavy (non-hydrogen) atoms. The Morgan fingerprint density at radius 1 is 1.03 bits per heavy atom. The van der Waals surface area contributed by atoms with E-state index >= 15 is 0 Å². The minimum Gasteiger partial charge on any atom is -0.322 e. The van der Waals surface area contributed by atoms with E-state index in [-0.39, 0.29) is 16.1 Å². The van der Waals surface area contributed by atoms with Gasteiger partial charge in [-0.05, 0) is 50.1 Å². The van der Waals surface area contributed by atoms with E-state index in [0.717, 1.165) is 25.7 Å². The second-order valence-corrected chi connectivity index (χ2v) is 8.99. The minimum absolute atomic E-state index is 0.128. The molecule has 1 aliphatic heterocycles. The molecular formula is C20H23N3O5S. The topological polar surface area (TPSA) is 110 Å². The van der Waals surface area contributed by atoms with Gasteiger partial charge in [-0.15, -0.1) is 0 Å². The zero-order valence-electron chi connectivity index (χ0n) is 16.1. The van der Waals surface area contributed by atoms with E-state index in [0.29, 0.717) is 24.3 Å². The number of sulfonamides is 1. The van der Waals surface area contributed by atoms with Gasteiger partial charge < -0.3 is 5.32 Å². The van der Waals surface area contributed by atoms with Crippen molar-refractivity contribution in [2.24, 2.45) is 0 Å². The van der Waals surface area contributed by atoms with Crippen LogP contribution in [0.3, 0.4) is 0 Å². The molecule has 0 spiro atoms. The third-order valence-corrected chi connectivity index (χ3v) is 6.90. The van der Waals surface area contributed by atoms with Crippen molar-refractivity contribution in [3.8, 4) is 0 Å². The summed E-state index contributed by atoms with van der Waals surface area (Å²) in [6, 6.07) is 10.2. The molecule has 1 amide bonds. The number of benzene rings is 2. The van der Waals surface area contributed by atoms with Crippen LogP contribution in [0.25, 0.3) is 0 Å². The van der Waals surface area contributed by atoms with Crippen LogP contribution >= 0.6 is 0 Å². The molecule has 2 aromatic rings. The monoisotopic (exact) mass is 417 g/mol. The first kappa shape index (κ1) is 20.9. The number of carbonyl (C=O) groups is 1. The molecule has 154 valence electrons. The van der Waals surface area contributed by atoms with E-state index in [2.05, 4.69) is 5.32 Å². The number of anilines is 1. The molecule has 0 aromatic heterocycles. The first-order valence-corrected chi connectivity index (χ1v) is 10.9. The summed E-state index contributed by atoms with van der Waals surface area (Å²) in [7, 11) is -3.56. The molecule has 1 N–H and O–H groups in total.